The van der Waals surface area contributed by atoms with Gasteiger partial charge in [-0.25, -0.2) is 19.8 Å². The van der Waals surface area contributed by atoms with Crippen molar-refractivity contribution < 1.29 is 0 Å². The van der Waals surface area contributed by atoms with Crippen LogP contribution in [0, 0.1) is 6.57 Å². The molecule has 2 aliphatic rings. The summed E-state index contributed by atoms with van der Waals surface area (Å²) in [5.74, 6) is 1.92. The lowest BCUT2D eigenvalue weighted by molar-refractivity contribution is 0.794. The maximum atomic E-state index is 7.74. The second kappa shape index (κ2) is 12.9. The lowest BCUT2D eigenvalue weighted by Crippen LogP contribution is -2.25. The lowest BCUT2D eigenvalue weighted by atomic mass is 9.70. The monoisotopic (exact) mass is 724 g/mol. The standard InChI is InChI=1S/C53H32N4/c1-54-41-27-29-49-45(33-41)43-23-9-11-25-47(43)53(49)46-24-10-8-22-42(46)44-32-39(26-28-48(44)53)37-19-12-18-36(30-37)38-20-13-21-40(31-38)52-56-50(34-14-4-2-5-15-34)55-51(57-52)35-16-6-3-7-17-35/h2-33H. The number of nitrogens with zero attached hydrogens (tertiary/aromatic N) is 4. The van der Waals surface area contributed by atoms with Gasteiger partial charge in [0.2, 0.25) is 0 Å². The second-order valence-electron chi connectivity index (χ2n) is 14.6. The minimum atomic E-state index is -0.449. The predicted octanol–water partition coefficient (Wildman–Crippen LogP) is 13.1. The molecule has 0 saturated carbocycles. The van der Waals surface area contributed by atoms with Gasteiger partial charge < -0.3 is 0 Å². The van der Waals surface area contributed by atoms with E-state index in [9.17, 15) is 0 Å². The molecule has 0 fully saturated rings. The van der Waals surface area contributed by atoms with Gasteiger partial charge >= 0.3 is 0 Å². The van der Waals surface area contributed by atoms with E-state index < -0.39 is 5.41 Å². The Hall–Kier alpha value is -7.74. The third kappa shape index (κ3) is 5.10. The van der Waals surface area contributed by atoms with E-state index in [-0.39, 0.29) is 0 Å². The first kappa shape index (κ1) is 32.7. The molecule has 0 saturated heterocycles. The highest BCUT2D eigenvalue weighted by atomic mass is 15.0. The summed E-state index contributed by atoms with van der Waals surface area (Å²) in [7, 11) is 0. The lowest BCUT2D eigenvalue weighted by Gasteiger charge is -2.30. The highest BCUT2D eigenvalue weighted by Gasteiger charge is 2.51. The average Bonchev–Trinajstić information content (AvgIpc) is 3.76. The van der Waals surface area contributed by atoms with Crippen molar-refractivity contribution in [2.45, 2.75) is 5.41 Å². The third-order valence-electron chi connectivity index (χ3n) is 11.6. The summed E-state index contributed by atoms with van der Waals surface area (Å²) in [4.78, 5) is 18.6. The van der Waals surface area contributed by atoms with Crippen LogP contribution in [0.15, 0.2) is 194 Å². The van der Waals surface area contributed by atoms with E-state index in [0.717, 1.165) is 44.5 Å². The third-order valence-corrected chi connectivity index (χ3v) is 11.6. The van der Waals surface area contributed by atoms with Gasteiger partial charge in [-0.1, -0.05) is 170 Å². The van der Waals surface area contributed by atoms with Crippen LogP contribution in [0.1, 0.15) is 22.3 Å². The van der Waals surface area contributed by atoms with E-state index in [0.29, 0.717) is 23.2 Å². The number of benzene rings is 8. The van der Waals surface area contributed by atoms with Crippen LogP contribution in [0.25, 0.3) is 83.5 Å². The molecule has 1 spiro atoms. The molecule has 11 rings (SSSR count). The summed E-state index contributed by atoms with van der Waals surface area (Å²) in [6.45, 7) is 7.74. The van der Waals surface area contributed by atoms with Crippen molar-refractivity contribution in [3.05, 3.63) is 228 Å². The number of hydrogen-bond donors (Lipinski definition) is 0. The van der Waals surface area contributed by atoms with E-state index in [2.05, 4.69) is 132 Å². The fourth-order valence-electron chi connectivity index (χ4n) is 9.04. The van der Waals surface area contributed by atoms with E-state index in [1.165, 1.54) is 38.9 Å². The van der Waals surface area contributed by atoms with Gasteiger partial charge in [0.05, 0.1) is 12.0 Å². The zero-order valence-corrected chi connectivity index (χ0v) is 30.8. The van der Waals surface area contributed by atoms with Crippen LogP contribution in [-0.2, 0) is 5.41 Å². The Morgan fingerprint density at radius 3 is 1.28 bits per heavy atom. The summed E-state index contributed by atoms with van der Waals surface area (Å²) < 4.78 is 0. The first-order valence-electron chi connectivity index (χ1n) is 19.1. The van der Waals surface area contributed by atoms with Gasteiger partial charge in [-0.15, -0.1) is 0 Å². The van der Waals surface area contributed by atoms with Crippen molar-refractivity contribution >= 4 is 5.69 Å². The van der Waals surface area contributed by atoms with Gasteiger partial charge in [0, 0.05) is 16.7 Å². The SMILES string of the molecule is [C-]#[N+]c1ccc2c(c1)-c1ccccc1C21c2ccccc2-c2cc(-c3cccc(-c4cccc(-c5nc(-c6ccccc6)nc(-c6ccccc6)n5)c4)c3)ccc21. The Balaban J connectivity index is 1.01. The molecule has 0 bridgehead atoms. The van der Waals surface area contributed by atoms with Crippen LogP contribution < -0.4 is 0 Å². The van der Waals surface area contributed by atoms with E-state index >= 15 is 0 Å². The van der Waals surface area contributed by atoms with Crippen molar-refractivity contribution in [3.8, 4) is 78.7 Å². The molecule has 1 aromatic heterocycles. The van der Waals surface area contributed by atoms with Crippen LogP contribution in [0.5, 0.6) is 0 Å². The highest BCUT2D eigenvalue weighted by Crippen LogP contribution is 2.63. The Kier molecular flexibility index (Phi) is 7.42. The summed E-state index contributed by atoms with van der Waals surface area (Å²) >= 11 is 0. The van der Waals surface area contributed by atoms with Crippen molar-refractivity contribution in [3.63, 3.8) is 0 Å². The molecule has 264 valence electrons. The quantitative estimate of drug-likeness (QED) is 0.166. The topological polar surface area (TPSA) is 43.0 Å². The zero-order chi connectivity index (χ0) is 37.9. The summed E-state index contributed by atoms with van der Waals surface area (Å²) in [5, 5.41) is 0. The van der Waals surface area contributed by atoms with Gasteiger partial charge in [0.1, 0.15) is 0 Å². The molecule has 4 heteroatoms. The molecule has 0 radical (unpaired) electrons. The minimum Gasteiger partial charge on any atom is -0.238 e. The van der Waals surface area contributed by atoms with Crippen LogP contribution in [0.4, 0.5) is 5.69 Å². The second-order valence-corrected chi connectivity index (χ2v) is 14.6. The molecule has 0 aliphatic heterocycles. The zero-order valence-electron chi connectivity index (χ0n) is 30.8. The minimum absolute atomic E-state index is 0.449. The van der Waals surface area contributed by atoms with Crippen LogP contribution in [0.2, 0.25) is 0 Å². The Labute approximate surface area is 331 Å². The highest BCUT2D eigenvalue weighted by molar-refractivity contribution is 5.97. The molecule has 0 amide bonds. The Bertz CT molecular complexity index is 3030. The van der Waals surface area contributed by atoms with Crippen LogP contribution in [-0.4, -0.2) is 15.0 Å². The normalized spacial score (nSPS) is 14.4. The van der Waals surface area contributed by atoms with Gasteiger partial charge in [-0.2, -0.15) is 0 Å². The number of hydrogen-bond acceptors (Lipinski definition) is 3. The van der Waals surface area contributed by atoms with Crippen molar-refractivity contribution in [1.82, 2.24) is 15.0 Å². The predicted molar refractivity (Wildman–Crippen MR) is 230 cm³/mol. The van der Waals surface area contributed by atoms with Gasteiger partial charge in [0.15, 0.2) is 23.2 Å². The molecule has 4 nitrogen and oxygen atoms in total. The van der Waals surface area contributed by atoms with Crippen LogP contribution >= 0.6 is 0 Å². The summed E-state index contributed by atoms with van der Waals surface area (Å²) in [5.41, 5.74) is 17.4. The van der Waals surface area contributed by atoms with Crippen molar-refractivity contribution in [2.75, 3.05) is 0 Å². The molecule has 9 aromatic rings. The maximum Gasteiger partial charge on any atom is 0.187 e. The van der Waals surface area contributed by atoms with Crippen LogP contribution in [0.3, 0.4) is 0 Å². The number of fused-ring (bicyclic) bond motifs is 10. The van der Waals surface area contributed by atoms with E-state index in [1.807, 2.05) is 66.7 Å². The molecular weight excluding hydrogens is 693 g/mol. The average molecular weight is 725 g/mol. The van der Waals surface area contributed by atoms with Crippen molar-refractivity contribution in [1.29, 1.82) is 0 Å². The maximum absolute atomic E-state index is 7.74. The first-order valence-corrected chi connectivity index (χ1v) is 19.1. The Morgan fingerprint density at radius 1 is 0.316 bits per heavy atom. The molecule has 0 N–H and O–H groups in total. The molecule has 1 unspecified atom stereocenters. The van der Waals surface area contributed by atoms with E-state index in [1.54, 1.807) is 0 Å². The number of aromatic nitrogens is 3. The summed E-state index contributed by atoms with van der Waals surface area (Å²) in [6.07, 6.45) is 0. The fraction of sp³-hybridized carbons (Fsp3) is 0.0189. The molecule has 57 heavy (non-hydrogen) atoms. The van der Waals surface area contributed by atoms with Gasteiger partial charge in [-0.3, -0.25) is 0 Å². The fourth-order valence-corrected chi connectivity index (χ4v) is 9.04. The van der Waals surface area contributed by atoms with E-state index in [4.69, 9.17) is 21.5 Å². The largest absolute Gasteiger partial charge is 0.238 e. The molecule has 2 aliphatic carbocycles. The smallest absolute Gasteiger partial charge is 0.187 e. The van der Waals surface area contributed by atoms with Gasteiger partial charge in [0.25, 0.3) is 0 Å². The van der Waals surface area contributed by atoms with Gasteiger partial charge in [-0.05, 0) is 91.0 Å². The molecule has 1 heterocycles. The van der Waals surface area contributed by atoms with Crippen molar-refractivity contribution in [2.24, 2.45) is 0 Å². The Morgan fingerprint density at radius 2 is 0.719 bits per heavy atom. The molecular formula is C53H32N4. The molecule has 1 atom stereocenters. The first-order chi connectivity index (χ1) is 28.2. The number of rotatable bonds is 5. The molecule has 8 aromatic carbocycles. The summed E-state index contributed by atoms with van der Waals surface area (Å²) in [6, 6.07) is 68.2.